The van der Waals surface area contributed by atoms with E-state index < -0.39 is 47.9 Å². The summed E-state index contributed by atoms with van der Waals surface area (Å²) in [6.45, 7) is 5.71. The highest BCUT2D eigenvalue weighted by Gasteiger charge is 2.38. The molecule has 4 atom stereocenters. The lowest BCUT2D eigenvalue weighted by Gasteiger charge is -2.29. The molecule has 10 heteroatoms. The topological polar surface area (TPSA) is 158 Å². The number of nitrogens with two attached hydrogens (primary N) is 1. The van der Waals surface area contributed by atoms with Crippen molar-refractivity contribution in [1.29, 1.82) is 0 Å². The second-order valence-corrected chi connectivity index (χ2v) is 9.63. The number of carbonyl (C=O) groups excluding carboxylic acids is 3. The molecular formula is C25H35N5O5. The van der Waals surface area contributed by atoms with Crippen LogP contribution in [0.4, 0.5) is 0 Å². The van der Waals surface area contributed by atoms with Crippen LogP contribution in [0.3, 0.4) is 0 Å². The average molecular weight is 486 g/mol. The summed E-state index contributed by atoms with van der Waals surface area (Å²) in [5, 5.41) is 15.9. The molecule has 1 aliphatic rings. The Bertz CT molecular complexity index is 1080. The number of fused-ring (bicyclic) bond motifs is 1. The summed E-state index contributed by atoms with van der Waals surface area (Å²) in [4.78, 5) is 55.3. The summed E-state index contributed by atoms with van der Waals surface area (Å²) in [5.41, 5.74) is 7.46. The number of benzene rings is 1. The molecule has 0 bridgehead atoms. The van der Waals surface area contributed by atoms with Gasteiger partial charge in [0, 0.05) is 30.1 Å². The van der Waals surface area contributed by atoms with Gasteiger partial charge in [0.1, 0.15) is 18.1 Å². The van der Waals surface area contributed by atoms with Crippen molar-refractivity contribution in [2.24, 2.45) is 11.7 Å². The smallest absolute Gasteiger partial charge is 0.326 e. The Balaban J connectivity index is 1.83. The van der Waals surface area contributed by atoms with Gasteiger partial charge in [0.2, 0.25) is 17.7 Å². The van der Waals surface area contributed by atoms with Crippen molar-refractivity contribution in [3.63, 3.8) is 0 Å². The van der Waals surface area contributed by atoms with Gasteiger partial charge in [0.05, 0.1) is 6.04 Å². The minimum atomic E-state index is -1.05. The number of nitrogens with one attached hydrogen (secondary N) is 3. The Morgan fingerprint density at radius 2 is 1.80 bits per heavy atom. The van der Waals surface area contributed by atoms with Crippen LogP contribution in [0.15, 0.2) is 30.5 Å². The first-order valence-corrected chi connectivity index (χ1v) is 12.0. The number of hydrogen-bond donors (Lipinski definition) is 5. The number of hydrogen-bond acceptors (Lipinski definition) is 5. The molecule has 0 spiro atoms. The van der Waals surface area contributed by atoms with Crippen molar-refractivity contribution in [1.82, 2.24) is 20.5 Å². The molecule has 1 saturated heterocycles. The lowest BCUT2D eigenvalue weighted by molar-refractivity contribution is -0.149. The first kappa shape index (κ1) is 26.2. The molecule has 6 N–H and O–H groups in total. The quantitative estimate of drug-likeness (QED) is 0.340. The minimum Gasteiger partial charge on any atom is -0.480 e. The van der Waals surface area contributed by atoms with E-state index >= 15 is 0 Å². The summed E-state index contributed by atoms with van der Waals surface area (Å²) in [7, 11) is 0. The van der Waals surface area contributed by atoms with Gasteiger partial charge in [-0.1, -0.05) is 32.0 Å². The summed E-state index contributed by atoms with van der Waals surface area (Å²) in [5.74, 6) is -2.40. The predicted molar refractivity (Wildman–Crippen MR) is 131 cm³/mol. The van der Waals surface area contributed by atoms with Gasteiger partial charge in [-0.3, -0.25) is 14.4 Å². The number of carbonyl (C=O) groups is 4. The van der Waals surface area contributed by atoms with E-state index in [2.05, 4.69) is 15.6 Å². The Morgan fingerprint density at radius 1 is 1.11 bits per heavy atom. The molecule has 1 fully saturated rings. The summed E-state index contributed by atoms with van der Waals surface area (Å²) in [6, 6.07) is 4.05. The maximum atomic E-state index is 13.4. The van der Waals surface area contributed by atoms with Crippen molar-refractivity contribution in [2.45, 2.75) is 70.6 Å². The molecule has 3 rings (SSSR count). The molecule has 3 amide bonds. The van der Waals surface area contributed by atoms with Gasteiger partial charge in [-0.15, -0.1) is 0 Å². The lowest BCUT2D eigenvalue weighted by atomic mass is 10.00. The Kier molecular flexibility index (Phi) is 8.50. The van der Waals surface area contributed by atoms with Crippen LogP contribution in [-0.2, 0) is 25.6 Å². The second-order valence-electron chi connectivity index (χ2n) is 9.63. The van der Waals surface area contributed by atoms with E-state index in [1.165, 1.54) is 11.8 Å². The zero-order valence-electron chi connectivity index (χ0n) is 20.4. The van der Waals surface area contributed by atoms with Gasteiger partial charge in [0.15, 0.2) is 0 Å². The maximum Gasteiger partial charge on any atom is 0.326 e. The van der Waals surface area contributed by atoms with Gasteiger partial charge < -0.3 is 31.4 Å². The van der Waals surface area contributed by atoms with E-state index in [0.717, 1.165) is 16.5 Å². The first-order chi connectivity index (χ1) is 16.6. The van der Waals surface area contributed by atoms with E-state index in [0.29, 0.717) is 25.8 Å². The van der Waals surface area contributed by atoms with Gasteiger partial charge in [-0.2, -0.15) is 0 Å². The number of aromatic amines is 1. The van der Waals surface area contributed by atoms with Crippen LogP contribution in [0.5, 0.6) is 0 Å². The molecule has 2 aromatic rings. The van der Waals surface area contributed by atoms with Crippen LogP contribution >= 0.6 is 0 Å². The summed E-state index contributed by atoms with van der Waals surface area (Å²) < 4.78 is 0. The summed E-state index contributed by atoms with van der Waals surface area (Å²) >= 11 is 0. The fourth-order valence-corrected chi connectivity index (χ4v) is 4.49. The monoisotopic (exact) mass is 485 g/mol. The second kappa shape index (κ2) is 11.4. The highest BCUT2D eigenvalue weighted by molar-refractivity contribution is 5.95. The molecule has 1 aromatic heterocycles. The molecule has 0 saturated carbocycles. The SMILES string of the molecule is CC(C)CC(NC(=O)C(Cc1c[nH]c2ccccc12)NC(=O)C(C)N)C(=O)N1CCCC1C(=O)O. The Hall–Kier alpha value is -3.40. The van der Waals surface area contributed by atoms with E-state index in [1.54, 1.807) is 6.20 Å². The zero-order valence-corrected chi connectivity index (χ0v) is 20.4. The van der Waals surface area contributed by atoms with Crippen molar-refractivity contribution in [3.05, 3.63) is 36.0 Å². The molecule has 0 aliphatic carbocycles. The van der Waals surface area contributed by atoms with Gasteiger partial charge in [0.25, 0.3) is 0 Å². The van der Waals surface area contributed by atoms with Crippen molar-refractivity contribution < 1.29 is 24.3 Å². The molecule has 10 nitrogen and oxygen atoms in total. The molecule has 190 valence electrons. The third-order valence-electron chi connectivity index (χ3n) is 6.29. The Morgan fingerprint density at radius 3 is 2.46 bits per heavy atom. The number of likely N-dealkylation sites (tertiary alicyclic amines) is 1. The third kappa shape index (κ3) is 6.39. The van der Waals surface area contributed by atoms with Crippen LogP contribution in [0, 0.1) is 5.92 Å². The number of rotatable bonds is 10. The molecule has 2 heterocycles. The van der Waals surface area contributed by atoms with Gasteiger partial charge >= 0.3 is 5.97 Å². The summed E-state index contributed by atoms with van der Waals surface area (Å²) in [6.07, 6.45) is 3.31. The molecule has 0 radical (unpaired) electrons. The predicted octanol–water partition coefficient (Wildman–Crippen LogP) is 1.15. The van der Waals surface area contributed by atoms with E-state index in [9.17, 15) is 24.3 Å². The number of carboxylic acid groups (broad SMARTS) is 1. The van der Waals surface area contributed by atoms with Gasteiger partial charge in [-0.05, 0) is 43.7 Å². The largest absolute Gasteiger partial charge is 0.480 e. The number of nitrogens with zero attached hydrogens (tertiary/aromatic N) is 1. The van der Waals surface area contributed by atoms with Crippen LogP contribution in [0.1, 0.15) is 45.6 Å². The average Bonchev–Trinajstić information content (AvgIpc) is 3.45. The van der Waals surface area contributed by atoms with Crippen LogP contribution in [0.25, 0.3) is 10.9 Å². The Labute approximate surface area is 204 Å². The molecule has 1 aliphatic heterocycles. The van der Waals surface area contributed by atoms with Crippen LogP contribution in [0.2, 0.25) is 0 Å². The van der Waals surface area contributed by atoms with E-state index in [4.69, 9.17) is 5.73 Å². The molecule has 1 aromatic carbocycles. The fraction of sp³-hybridized carbons (Fsp3) is 0.520. The highest BCUT2D eigenvalue weighted by Crippen LogP contribution is 2.22. The highest BCUT2D eigenvalue weighted by atomic mass is 16.4. The first-order valence-electron chi connectivity index (χ1n) is 12.0. The third-order valence-corrected chi connectivity index (χ3v) is 6.29. The number of H-pyrrole nitrogens is 1. The van der Waals surface area contributed by atoms with E-state index in [1.807, 2.05) is 38.1 Å². The fourth-order valence-electron chi connectivity index (χ4n) is 4.49. The van der Waals surface area contributed by atoms with Gasteiger partial charge in [-0.25, -0.2) is 4.79 Å². The lowest BCUT2D eigenvalue weighted by Crippen LogP contribution is -2.57. The molecular weight excluding hydrogens is 450 g/mol. The molecule has 35 heavy (non-hydrogen) atoms. The molecule has 4 unspecified atom stereocenters. The van der Waals surface area contributed by atoms with Crippen LogP contribution < -0.4 is 16.4 Å². The standard InChI is InChI=1S/C25H35N5O5/c1-14(2)11-20(24(33)30-10-6-9-21(30)25(34)35)29-23(32)19(28-22(31)15(3)26)12-16-13-27-18-8-5-4-7-17(16)18/h4-5,7-8,13-15,19-21,27H,6,9-12,26H2,1-3H3,(H,28,31)(H,29,32)(H,34,35). The van der Waals surface area contributed by atoms with E-state index in [-0.39, 0.29) is 12.3 Å². The van der Waals surface area contributed by atoms with Crippen molar-refractivity contribution in [2.75, 3.05) is 6.54 Å². The number of aliphatic carboxylic acids is 1. The zero-order chi connectivity index (χ0) is 25.7. The van der Waals surface area contributed by atoms with Crippen LogP contribution in [-0.4, -0.2) is 69.4 Å². The number of carboxylic acids is 1. The van der Waals surface area contributed by atoms with Crippen molar-refractivity contribution in [3.8, 4) is 0 Å². The minimum absolute atomic E-state index is 0.0702. The normalized spacial score (nSPS) is 18.3. The number of para-hydroxylation sites is 1. The maximum absolute atomic E-state index is 13.4. The number of amides is 3. The van der Waals surface area contributed by atoms with Crippen molar-refractivity contribution >= 4 is 34.6 Å². The number of aromatic nitrogens is 1.